The molecule has 0 atom stereocenters. The number of thiophene rings is 1. The van der Waals surface area contributed by atoms with Crippen molar-refractivity contribution in [1.29, 1.82) is 0 Å². The number of sulfonamides is 1. The highest BCUT2D eigenvalue weighted by atomic mass is 32.2. The first kappa shape index (κ1) is 20.9. The van der Waals surface area contributed by atoms with E-state index in [1.54, 1.807) is 19.2 Å². The first-order valence-electron chi connectivity index (χ1n) is 8.19. The van der Waals surface area contributed by atoms with Crippen LogP contribution in [0.2, 0.25) is 0 Å². The Hall–Kier alpha value is -2.45. The van der Waals surface area contributed by atoms with Crippen LogP contribution in [0.4, 0.5) is 5.88 Å². The minimum Gasteiger partial charge on any atom is -0.337 e. The molecular formula is C19H22N2O4S2. The first-order chi connectivity index (χ1) is 12.6. The van der Waals surface area contributed by atoms with E-state index in [-0.39, 0.29) is 21.4 Å². The average molecular weight is 407 g/mol. The molecule has 0 aliphatic rings. The van der Waals surface area contributed by atoms with Gasteiger partial charge in [-0.3, -0.25) is 4.79 Å². The molecule has 2 heterocycles. The fourth-order valence-corrected chi connectivity index (χ4v) is 4.69. The lowest BCUT2D eigenvalue weighted by Gasteiger charge is -2.05. The quantitative estimate of drug-likeness (QED) is 0.637. The highest BCUT2D eigenvalue weighted by Gasteiger charge is 2.24. The standard InChI is InChI=1S/C11H12N2O4S2.C8H10/c1-6-7(2)12-17-11(6)13-19(15,16)9-4-5-18-10(9)8(3)14;1-7-4-3-5-8(2)6-7/h4-5,13H,1-3H3;3-6H,1-2H3. The van der Waals surface area contributed by atoms with Crippen LogP contribution in [-0.4, -0.2) is 19.4 Å². The van der Waals surface area contributed by atoms with Gasteiger partial charge in [0.25, 0.3) is 10.0 Å². The van der Waals surface area contributed by atoms with Gasteiger partial charge in [-0.1, -0.05) is 40.5 Å². The Balaban J connectivity index is 0.000000273. The number of benzene rings is 1. The van der Waals surface area contributed by atoms with Crippen LogP contribution >= 0.6 is 11.3 Å². The molecule has 8 heteroatoms. The molecule has 144 valence electrons. The Morgan fingerprint density at radius 1 is 1.11 bits per heavy atom. The number of aromatic nitrogens is 1. The Morgan fingerprint density at radius 2 is 1.74 bits per heavy atom. The molecule has 27 heavy (non-hydrogen) atoms. The fraction of sp³-hybridized carbons (Fsp3) is 0.263. The van der Waals surface area contributed by atoms with Gasteiger partial charge >= 0.3 is 0 Å². The summed E-state index contributed by atoms with van der Waals surface area (Å²) in [5.74, 6) is -0.223. The Labute approximate surface area is 163 Å². The van der Waals surface area contributed by atoms with Crippen molar-refractivity contribution in [2.75, 3.05) is 4.72 Å². The van der Waals surface area contributed by atoms with Crippen LogP contribution in [0, 0.1) is 27.7 Å². The molecule has 0 bridgehead atoms. The number of hydrogen-bond donors (Lipinski definition) is 1. The lowest BCUT2D eigenvalue weighted by molar-refractivity contribution is 0.101. The van der Waals surface area contributed by atoms with Crippen LogP contribution < -0.4 is 4.72 Å². The number of ketones is 1. The predicted octanol–water partition coefficient (Wildman–Crippen LogP) is 4.66. The van der Waals surface area contributed by atoms with Crippen LogP contribution in [0.25, 0.3) is 0 Å². The van der Waals surface area contributed by atoms with Gasteiger partial charge in [-0.15, -0.1) is 11.3 Å². The number of carbonyl (C=O) groups excluding carboxylic acids is 1. The molecule has 6 nitrogen and oxygen atoms in total. The molecule has 3 rings (SSSR count). The van der Waals surface area contributed by atoms with E-state index in [9.17, 15) is 13.2 Å². The van der Waals surface area contributed by atoms with Gasteiger partial charge in [0.1, 0.15) is 4.90 Å². The van der Waals surface area contributed by atoms with Crippen LogP contribution in [0.15, 0.2) is 45.1 Å². The molecule has 3 aromatic rings. The number of Topliss-reactive ketones (excluding diaryl/α,β-unsaturated/α-hetero) is 1. The van der Waals surface area contributed by atoms with Gasteiger partial charge in [0, 0.05) is 5.56 Å². The predicted molar refractivity (Wildman–Crippen MR) is 107 cm³/mol. The normalized spacial score (nSPS) is 10.9. The van der Waals surface area contributed by atoms with Gasteiger partial charge in [-0.2, -0.15) is 0 Å². The van der Waals surface area contributed by atoms with Crippen LogP contribution in [0.1, 0.15) is 39.0 Å². The van der Waals surface area contributed by atoms with Gasteiger partial charge in [0.2, 0.25) is 5.88 Å². The number of rotatable bonds is 4. The highest BCUT2D eigenvalue weighted by Crippen LogP contribution is 2.26. The molecule has 0 saturated heterocycles. The zero-order chi connectivity index (χ0) is 20.2. The minimum absolute atomic E-state index is 0.0431. The van der Waals surface area contributed by atoms with E-state index in [1.807, 2.05) is 0 Å². The maximum absolute atomic E-state index is 12.2. The third-order valence-corrected chi connectivity index (χ3v) is 6.31. The highest BCUT2D eigenvalue weighted by molar-refractivity contribution is 7.93. The Bertz CT molecular complexity index is 1030. The summed E-state index contributed by atoms with van der Waals surface area (Å²) in [6.45, 7) is 8.94. The summed E-state index contributed by atoms with van der Waals surface area (Å²) in [6.07, 6.45) is 0. The average Bonchev–Trinajstić information content (AvgIpc) is 3.18. The van der Waals surface area contributed by atoms with E-state index < -0.39 is 10.0 Å². The summed E-state index contributed by atoms with van der Waals surface area (Å²) in [7, 11) is -3.85. The number of nitrogens with zero attached hydrogens (tertiary/aromatic N) is 1. The van der Waals surface area contributed by atoms with Gasteiger partial charge in [-0.25, -0.2) is 13.1 Å². The zero-order valence-corrected chi connectivity index (χ0v) is 17.5. The number of aryl methyl sites for hydroxylation is 3. The van der Waals surface area contributed by atoms with Crippen molar-refractivity contribution in [2.45, 2.75) is 39.5 Å². The second-order valence-corrected chi connectivity index (χ2v) is 8.72. The molecular weight excluding hydrogens is 384 g/mol. The van der Waals surface area contributed by atoms with Crippen LogP contribution in [0.3, 0.4) is 0 Å². The Morgan fingerprint density at radius 3 is 2.19 bits per heavy atom. The number of nitrogens with one attached hydrogen (secondary N) is 1. The maximum atomic E-state index is 12.2. The van der Waals surface area contributed by atoms with Crippen molar-refractivity contribution < 1.29 is 17.7 Å². The first-order valence-corrected chi connectivity index (χ1v) is 10.6. The molecule has 0 aliphatic carbocycles. The number of anilines is 1. The molecule has 0 fully saturated rings. The summed E-state index contributed by atoms with van der Waals surface area (Å²) in [6, 6.07) is 9.84. The lowest BCUT2D eigenvalue weighted by Crippen LogP contribution is -2.14. The van der Waals surface area contributed by atoms with Crippen LogP contribution in [0.5, 0.6) is 0 Å². The topological polar surface area (TPSA) is 89.3 Å². The molecule has 0 saturated carbocycles. The zero-order valence-electron chi connectivity index (χ0n) is 15.9. The fourth-order valence-electron chi connectivity index (χ4n) is 2.26. The van der Waals surface area contributed by atoms with Gasteiger partial charge in [-0.05, 0) is 46.1 Å². The lowest BCUT2D eigenvalue weighted by atomic mass is 10.2. The minimum atomic E-state index is -3.85. The van der Waals surface area contributed by atoms with Gasteiger partial charge in [0.15, 0.2) is 5.78 Å². The van der Waals surface area contributed by atoms with Crippen molar-refractivity contribution in [1.82, 2.24) is 5.16 Å². The second-order valence-electron chi connectivity index (χ2n) is 6.16. The summed E-state index contributed by atoms with van der Waals surface area (Å²) < 4.78 is 31.6. The molecule has 1 N–H and O–H groups in total. The van der Waals surface area contributed by atoms with E-state index in [0.29, 0.717) is 11.3 Å². The SMILES string of the molecule is CC(=O)c1sccc1S(=O)(=O)Nc1onc(C)c1C.Cc1cccc(C)c1. The van der Waals surface area contributed by atoms with Crippen molar-refractivity contribution in [3.05, 3.63) is 63.0 Å². The smallest absolute Gasteiger partial charge is 0.265 e. The van der Waals surface area contributed by atoms with E-state index in [1.165, 1.54) is 24.1 Å². The van der Waals surface area contributed by atoms with Crippen molar-refractivity contribution in [3.63, 3.8) is 0 Å². The van der Waals surface area contributed by atoms with Crippen molar-refractivity contribution in [2.24, 2.45) is 0 Å². The summed E-state index contributed by atoms with van der Waals surface area (Å²) in [5, 5.41) is 5.23. The van der Waals surface area contributed by atoms with Crippen molar-refractivity contribution >= 4 is 33.0 Å². The number of hydrogen-bond acceptors (Lipinski definition) is 6. The third kappa shape index (κ3) is 5.27. The summed E-state index contributed by atoms with van der Waals surface area (Å²) in [5.41, 5.74) is 3.90. The largest absolute Gasteiger partial charge is 0.337 e. The maximum Gasteiger partial charge on any atom is 0.265 e. The molecule has 0 unspecified atom stereocenters. The van der Waals surface area contributed by atoms with Gasteiger partial charge in [0.05, 0.1) is 10.6 Å². The Kier molecular flexibility index (Phi) is 6.56. The van der Waals surface area contributed by atoms with E-state index >= 15 is 0 Å². The molecule has 0 radical (unpaired) electrons. The molecule has 0 spiro atoms. The van der Waals surface area contributed by atoms with Gasteiger partial charge < -0.3 is 4.52 Å². The van der Waals surface area contributed by atoms with E-state index in [0.717, 1.165) is 11.3 Å². The number of carbonyl (C=O) groups is 1. The van der Waals surface area contributed by atoms with Crippen molar-refractivity contribution in [3.8, 4) is 0 Å². The molecule has 0 aliphatic heterocycles. The molecule has 0 amide bonds. The molecule has 2 aromatic heterocycles. The second kappa shape index (κ2) is 8.49. The van der Waals surface area contributed by atoms with Crippen LogP contribution in [-0.2, 0) is 10.0 Å². The third-order valence-electron chi connectivity index (χ3n) is 3.80. The van der Waals surface area contributed by atoms with E-state index in [4.69, 9.17) is 4.52 Å². The monoisotopic (exact) mass is 406 g/mol. The summed E-state index contributed by atoms with van der Waals surface area (Å²) in [4.78, 5) is 11.5. The summed E-state index contributed by atoms with van der Waals surface area (Å²) >= 11 is 1.09. The van der Waals surface area contributed by atoms with E-state index in [2.05, 4.69) is 48.0 Å². The molecule has 1 aromatic carbocycles.